The van der Waals surface area contributed by atoms with Crippen molar-refractivity contribution < 1.29 is 13.6 Å². The molecule has 0 aliphatic rings. The second-order valence-electron chi connectivity index (χ2n) is 4.12. The van der Waals surface area contributed by atoms with E-state index in [0.29, 0.717) is 17.0 Å². The SMILES string of the molecule is Cc1cc(C(=O)Cc2nc3ccccc3o2)co1. The number of furan rings is 1. The van der Waals surface area contributed by atoms with Gasteiger partial charge in [0.15, 0.2) is 11.4 Å². The molecule has 0 saturated heterocycles. The molecule has 18 heavy (non-hydrogen) atoms. The van der Waals surface area contributed by atoms with Gasteiger partial charge in [0.05, 0.1) is 12.0 Å². The van der Waals surface area contributed by atoms with Crippen molar-refractivity contribution in [1.82, 2.24) is 4.98 Å². The maximum Gasteiger partial charge on any atom is 0.203 e. The molecule has 0 spiro atoms. The van der Waals surface area contributed by atoms with E-state index in [1.807, 2.05) is 24.3 Å². The number of para-hydroxylation sites is 2. The number of carbonyl (C=O) groups excluding carboxylic acids is 1. The number of carbonyl (C=O) groups is 1. The minimum absolute atomic E-state index is 0.0570. The van der Waals surface area contributed by atoms with Gasteiger partial charge in [-0.15, -0.1) is 0 Å². The Bertz CT molecular complexity index is 675. The van der Waals surface area contributed by atoms with E-state index in [9.17, 15) is 4.79 Å². The number of hydrogen-bond donors (Lipinski definition) is 0. The van der Waals surface area contributed by atoms with Crippen LogP contribution in [0.2, 0.25) is 0 Å². The highest BCUT2D eigenvalue weighted by molar-refractivity contribution is 5.97. The van der Waals surface area contributed by atoms with Crippen LogP contribution in [0.25, 0.3) is 11.1 Å². The second kappa shape index (κ2) is 4.14. The smallest absolute Gasteiger partial charge is 0.203 e. The van der Waals surface area contributed by atoms with E-state index in [1.165, 1.54) is 6.26 Å². The maximum atomic E-state index is 11.9. The molecule has 0 atom stereocenters. The maximum absolute atomic E-state index is 11.9. The molecule has 0 unspecified atom stereocenters. The van der Waals surface area contributed by atoms with Crippen molar-refractivity contribution in [3.8, 4) is 0 Å². The lowest BCUT2D eigenvalue weighted by Gasteiger charge is -1.91. The average Bonchev–Trinajstić information content (AvgIpc) is 2.94. The van der Waals surface area contributed by atoms with Gasteiger partial charge < -0.3 is 8.83 Å². The highest BCUT2D eigenvalue weighted by Gasteiger charge is 2.14. The van der Waals surface area contributed by atoms with Crippen LogP contribution in [0.1, 0.15) is 22.0 Å². The molecular weight excluding hydrogens is 230 g/mol. The highest BCUT2D eigenvalue weighted by atomic mass is 16.3. The van der Waals surface area contributed by atoms with Crippen LogP contribution in [0.4, 0.5) is 0 Å². The summed E-state index contributed by atoms with van der Waals surface area (Å²) in [4.78, 5) is 16.2. The third-order valence-corrected chi connectivity index (χ3v) is 2.70. The van der Waals surface area contributed by atoms with Crippen molar-refractivity contribution in [3.63, 3.8) is 0 Å². The first-order chi connectivity index (χ1) is 8.72. The summed E-state index contributed by atoms with van der Waals surface area (Å²) in [6, 6.07) is 9.16. The van der Waals surface area contributed by atoms with Gasteiger partial charge in [-0.05, 0) is 25.1 Å². The molecular formula is C14H11NO3. The summed E-state index contributed by atoms with van der Waals surface area (Å²) in [5.41, 5.74) is 2.02. The van der Waals surface area contributed by atoms with E-state index in [4.69, 9.17) is 8.83 Å². The van der Waals surface area contributed by atoms with Gasteiger partial charge in [-0.25, -0.2) is 4.98 Å². The number of nitrogens with zero attached hydrogens (tertiary/aromatic N) is 1. The minimum atomic E-state index is -0.0570. The molecule has 2 heterocycles. The average molecular weight is 241 g/mol. The van der Waals surface area contributed by atoms with Gasteiger partial charge in [-0.1, -0.05) is 12.1 Å². The summed E-state index contributed by atoms with van der Waals surface area (Å²) in [7, 11) is 0. The first-order valence-electron chi connectivity index (χ1n) is 5.65. The molecule has 1 aromatic carbocycles. The van der Waals surface area contributed by atoms with Crippen molar-refractivity contribution >= 4 is 16.9 Å². The predicted molar refractivity (Wildman–Crippen MR) is 65.5 cm³/mol. The lowest BCUT2D eigenvalue weighted by Crippen LogP contribution is -2.02. The molecule has 0 fully saturated rings. The first kappa shape index (κ1) is 10.8. The van der Waals surface area contributed by atoms with Crippen molar-refractivity contribution in [2.75, 3.05) is 0 Å². The molecule has 2 aromatic heterocycles. The van der Waals surface area contributed by atoms with Gasteiger partial charge in [-0.2, -0.15) is 0 Å². The molecule has 4 heteroatoms. The summed E-state index contributed by atoms with van der Waals surface area (Å²) >= 11 is 0. The zero-order chi connectivity index (χ0) is 12.5. The fraction of sp³-hybridized carbons (Fsp3) is 0.143. The first-order valence-corrected chi connectivity index (χ1v) is 5.65. The van der Waals surface area contributed by atoms with Crippen molar-refractivity contribution in [1.29, 1.82) is 0 Å². The zero-order valence-electron chi connectivity index (χ0n) is 9.84. The fourth-order valence-electron chi connectivity index (χ4n) is 1.82. The number of oxazole rings is 1. The summed E-state index contributed by atoms with van der Waals surface area (Å²) < 4.78 is 10.6. The normalized spacial score (nSPS) is 10.9. The van der Waals surface area contributed by atoms with Gasteiger partial charge >= 0.3 is 0 Å². The van der Waals surface area contributed by atoms with E-state index in [2.05, 4.69) is 4.98 Å². The van der Waals surface area contributed by atoms with E-state index < -0.39 is 0 Å². The molecule has 0 N–H and O–H groups in total. The summed E-state index contributed by atoms with van der Waals surface area (Å²) in [6.07, 6.45) is 1.61. The molecule has 0 radical (unpaired) electrons. The molecule has 0 amide bonds. The lowest BCUT2D eigenvalue weighted by atomic mass is 10.1. The molecule has 3 aromatic rings. The Morgan fingerprint density at radius 1 is 1.33 bits per heavy atom. The van der Waals surface area contributed by atoms with Crippen LogP contribution in [0.3, 0.4) is 0 Å². The van der Waals surface area contributed by atoms with Crippen LogP contribution < -0.4 is 0 Å². The lowest BCUT2D eigenvalue weighted by molar-refractivity contribution is 0.0985. The molecule has 0 aliphatic heterocycles. The number of hydrogen-bond acceptors (Lipinski definition) is 4. The van der Waals surface area contributed by atoms with E-state index in [-0.39, 0.29) is 12.2 Å². The van der Waals surface area contributed by atoms with Crippen LogP contribution >= 0.6 is 0 Å². The zero-order valence-corrected chi connectivity index (χ0v) is 9.84. The summed E-state index contributed by atoms with van der Waals surface area (Å²) in [6.45, 7) is 1.80. The fourth-order valence-corrected chi connectivity index (χ4v) is 1.82. The standard InChI is InChI=1S/C14H11NO3/c1-9-6-10(8-17-9)12(16)7-14-15-11-4-2-3-5-13(11)18-14/h2-6,8H,7H2,1H3. The molecule has 4 nitrogen and oxygen atoms in total. The Hall–Kier alpha value is -2.36. The number of rotatable bonds is 3. The van der Waals surface area contributed by atoms with E-state index in [1.54, 1.807) is 13.0 Å². The number of benzene rings is 1. The highest BCUT2D eigenvalue weighted by Crippen LogP contribution is 2.17. The van der Waals surface area contributed by atoms with Crippen molar-refractivity contribution in [3.05, 3.63) is 53.8 Å². The van der Waals surface area contributed by atoms with Crippen LogP contribution in [0.5, 0.6) is 0 Å². The number of ketones is 1. The third kappa shape index (κ3) is 1.93. The molecule has 90 valence electrons. The largest absolute Gasteiger partial charge is 0.469 e. The van der Waals surface area contributed by atoms with Crippen molar-refractivity contribution in [2.45, 2.75) is 13.3 Å². The monoisotopic (exact) mass is 241 g/mol. The Morgan fingerprint density at radius 2 is 2.17 bits per heavy atom. The van der Waals surface area contributed by atoms with Crippen LogP contribution in [-0.4, -0.2) is 10.8 Å². The number of aryl methyl sites for hydroxylation is 1. The van der Waals surface area contributed by atoms with E-state index >= 15 is 0 Å². The predicted octanol–water partition coefficient (Wildman–Crippen LogP) is 3.15. The summed E-state index contributed by atoms with van der Waals surface area (Å²) in [5.74, 6) is 1.09. The number of Topliss-reactive ketones (excluding diaryl/α,β-unsaturated/α-hetero) is 1. The van der Waals surface area contributed by atoms with Gasteiger partial charge in [0.25, 0.3) is 0 Å². The molecule has 0 aliphatic carbocycles. The Morgan fingerprint density at radius 3 is 2.89 bits per heavy atom. The third-order valence-electron chi connectivity index (χ3n) is 2.70. The van der Waals surface area contributed by atoms with Gasteiger partial charge in [-0.3, -0.25) is 4.79 Å². The topological polar surface area (TPSA) is 56.2 Å². The van der Waals surface area contributed by atoms with Crippen LogP contribution in [0, 0.1) is 6.92 Å². The molecule has 3 rings (SSSR count). The summed E-state index contributed by atoms with van der Waals surface area (Å²) in [5, 5.41) is 0. The Kier molecular flexibility index (Phi) is 2.48. The van der Waals surface area contributed by atoms with Crippen LogP contribution in [0.15, 0.2) is 45.4 Å². The Labute approximate surface area is 103 Å². The van der Waals surface area contributed by atoms with E-state index in [0.717, 1.165) is 11.3 Å². The quantitative estimate of drug-likeness (QED) is 0.661. The van der Waals surface area contributed by atoms with Gasteiger partial charge in [0.1, 0.15) is 17.5 Å². The number of fused-ring (bicyclic) bond motifs is 1. The van der Waals surface area contributed by atoms with Crippen LogP contribution in [-0.2, 0) is 6.42 Å². The van der Waals surface area contributed by atoms with Gasteiger partial charge in [0, 0.05) is 0 Å². The minimum Gasteiger partial charge on any atom is -0.469 e. The molecule has 0 bridgehead atoms. The second-order valence-corrected chi connectivity index (χ2v) is 4.12. The number of aromatic nitrogens is 1. The molecule has 0 saturated carbocycles. The Balaban J connectivity index is 1.86. The van der Waals surface area contributed by atoms with Gasteiger partial charge in [0.2, 0.25) is 5.89 Å². The van der Waals surface area contributed by atoms with Crippen molar-refractivity contribution in [2.24, 2.45) is 0 Å².